The van der Waals surface area contributed by atoms with Crippen LogP contribution in [-0.4, -0.2) is 35.1 Å². The van der Waals surface area contributed by atoms with Crippen LogP contribution >= 0.6 is 11.3 Å². The largest absolute Gasteiger partial charge is 0.467 e. The summed E-state index contributed by atoms with van der Waals surface area (Å²) in [5.74, 6) is 0. The molecule has 3 aromatic rings. The van der Waals surface area contributed by atoms with E-state index in [1.165, 1.54) is 34.4 Å². The number of amides is 2. The molecule has 2 aromatic carbocycles. The van der Waals surface area contributed by atoms with Gasteiger partial charge in [-0.2, -0.15) is 13.2 Å². The van der Waals surface area contributed by atoms with Gasteiger partial charge in [-0.25, -0.2) is 9.78 Å². The van der Waals surface area contributed by atoms with Gasteiger partial charge >= 0.3 is 12.2 Å². The van der Waals surface area contributed by atoms with Crippen molar-refractivity contribution in [3.63, 3.8) is 0 Å². The summed E-state index contributed by atoms with van der Waals surface area (Å²) in [5, 5.41) is 3.00. The quantitative estimate of drug-likeness (QED) is 0.533. The number of thiazole rings is 1. The maximum atomic E-state index is 13.1. The van der Waals surface area contributed by atoms with Gasteiger partial charge in [0.05, 0.1) is 21.5 Å². The minimum absolute atomic E-state index is 0.0901. The van der Waals surface area contributed by atoms with Gasteiger partial charge in [-0.05, 0) is 37.1 Å². The van der Waals surface area contributed by atoms with Crippen molar-refractivity contribution in [3.05, 3.63) is 53.1 Å². The highest BCUT2D eigenvalue weighted by molar-refractivity contribution is 7.20. The lowest BCUT2D eigenvalue weighted by Crippen LogP contribution is -2.44. The Balaban J connectivity index is 1.37. The van der Waals surface area contributed by atoms with Gasteiger partial charge < -0.3 is 15.0 Å². The van der Waals surface area contributed by atoms with E-state index in [1.54, 1.807) is 0 Å². The number of urea groups is 1. The Morgan fingerprint density at radius 2 is 1.81 bits per heavy atom. The number of piperidine rings is 1. The van der Waals surface area contributed by atoms with E-state index in [-0.39, 0.29) is 11.8 Å². The van der Waals surface area contributed by atoms with Crippen LogP contribution in [0.25, 0.3) is 10.2 Å². The van der Waals surface area contributed by atoms with Gasteiger partial charge in [0.25, 0.3) is 5.19 Å². The zero-order valence-corrected chi connectivity index (χ0v) is 17.9. The number of benzene rings is 2. The molecule has 1 fully saturated rings. The fraction of sp³-hybridized carbons (Fsp3) is 0.364. The number of nitrogens with one attached hydrogen (secondary N) is 1. The van der Waals surface area contributed by atoms with Crippen molar-refractivity contribution in [2.75, 3.05) is 18.4 Å². The minimum Gasteiger partial charge on any atom is -0.467 e. The smallest absolute Gasteiger partial charge is 0.418 e. The van der Waals surface area contributed by atoms with Crippen molar-refractivity contribution in [2.45, 2.75) is 39.0 Å². The normalized spacial score (nSPS) is 15.3. The molecule has 5 nitrogen and oxygen atoms in total. The van der Waals surface area contributed by atoms with Gasteiger partial charge in [0.15, 0.2) is 0 Å². The standard InChI is InChI=1S/C22H22F3N3O2S/c1-13-7-8-14(2)19-18(13)27-21(31-19)30-15-9-11-28(12-10-15)20(29)26-17-6-4-3-5-16(17)22(23,24)25/h3-8,15H,9-12H2,1-2H3,(H,26,29). The number of hydrogen-bond acceptors (Lipinski definition) is 4. The van der Waals surface area contributed by atoms with Gasteiger partial charge in [-0.1, -0.05) is 35.6 Å². The van der Waals surface area contributed by atoms with E-state index in [0.29, 0.717) is 31.1 Å². The lowest BCUT2D eigenvalue weighted by molar-refractivity contribution is -0.136. The van der Waals surface area contributed by atoms with Gasteiger partial charge in [0, 0.05) is 25.9 Å². The van der Waals surface area contributed by atoms with E-state index < -0.39 is 17.8 Å². The number of para-hydroxylation sites is 1. The predicted molar refractivity (Wildman–Crippen MR) is 115 cm³/mol. The molecule has 9 heteroatoms. The summed E-state index contributed by atoms with van der Waals surface area (Å²) >= 11 is 1.51. The molecule has 164 valence electrons. The van der Waals surface area contributed by atoms with Crippen molar-refractivity contribution in [1.82, 2.24) is 9.88 Å². The van der Waals surface area contributed by atoms with Gasteiger partial charge in [0.2, 0.25) is 0 Å². The Hall–Kier alpha value is -2.81. The van der Waals surface area contributed by atoms with Crippen LogP contribution in [0.5, 0.6) is 5.19 Å². The van der Waals surface area contributed by atoms with Crippen molar-refractivity contribution in [2.24, 2.45) is 0 Å². The van der Waals surface area contributed by atoms with Crippen LogP contribution in [0.1, 0.15) is 29.5 Å². The number of hydrogen-bond donors (Lipinski definition) is 1. The molecular formula is C22H22F3N3O2S. The zero-order chi connectivity index (χ0) is 22.2. The summed E-state index contributed by atoms with van der Waals surface area (Å²) in [6, 6.07) is 8.54. The lowest BCUT2D eigenvalue weighted by Gasteiger charge is -2.31. The maximum absolute atomic E-state index is 13.1. The fourth-order valence-electron chi connectivity index (χ4n) is 3.64. The highest BCUT2D eigenvalue weighted by Crippen LogP contribution is 2.35. The van der Waals surface area contributed by atoms with Crippen LogP contribution in [-0.2, 0) is 6.18 Å². The molecule has 1 saturated heterocycles. The van der Waals surface area contributed by atoms with Crippen molar-refractivity contribution >= 4 is 33.3 Å². The van der Waals surface area contributed by atoms with Crippen LogP contribution in [0.15, 0.2) is 36.4 Å². The number of ether oxygens (including phenoxy) is 1. The minimum atomic E-state index is -4.53. The molecule has 0 spiro atoms. The number of carbonyl (C=O) groups excluding carboxylic acids is 1. The number of fused-ring (bicyclic) bond motifs is 1. The van der Waals surface area contributed by atoms with Gasteiger partial charge in [-0.15, -0.1) is 0 Å². The highest BCUT2D eigenvalue weighted by atomic mass is 32.1. The molecule has 1 N–H and O–H groups in total. The van der Waals surface area contributed by atoms with Gasteiger partial charge in [-0.3, -0.25) is 0 Å². The number of rotatable bonds is 3. The second-order valence-electron chi connectivity index (χ2n) is 7.63. The molecular weight excluding hydrogens is 427 g/mol. The molecule has 0 aliphatic carbocycles. The SMILES string of the molecule is Cc1ccc(C)c2sc(OC3CCN(C(=O)Nc4ccccc4C(F)(F)F)CC3)nc12. The number of anilines is 1. The average Bonchev–Trinajstić information content (AvgIpc) is 3.16. The van der Waals surface area contributed by atoms with E-state index in [4.69, 9.17) is 4.74 Å². The van der Waals surface area contributed by atoms with E-state index in [0.717, 1.165) is 27.4 Å². The third-order valence-corrected chi connectivity index (χ3v) is 6.47. The molecule has 2 heterocycles. The monoisotopic (exact) mass is 449 g/mol. The second-order valence-corrected chi connectivity index (χ2v) is 8.60. The average molecular weight is 449 g/mol. The third-order valence-electron chi connectivity index (χ3n) is 5.39. The summed E-state index contributed by atoms with van der Waals surface area (Å²) in [6.45, 7) is 4.85. The number of alkyl halides is 3. The lowest BCUT2D eigenvalue weighted by atomic mass is 10.1. The van der Waals surface area contributed by atoms with E-state index in [1.807, 2.05) is 19.9 Å². The molecule has 0 atom stereocenters. The maximum Gasteiger partial charge on any atom is 0.418 e. The molecule has 1 aliphatic heterocycles. The molecule has 0 bridgehead atoms. The number of carbonyl (C=O) groups is 1. The first kappa shape index (κ1) is 21.4. The Kier molecular flexibility index (Phi) is 5.79. The molecule has 1 aliphatic rings. The first-order valence-electron chi connectivity index (χ1n) is 9.98. The number of likely N-dealkylation sites (tertiary alicyclic amines) is 1. The summed E-state index contributed by atoms with van der Waals surface area (Å²) in [4.78, 5) is 18.6. The number of nitrogens with zero attached hydrogens (tertiary/aromatic N) is 2. The molecule has 1 aromatic heterocycles. The van der Waals surface area contributed by atoms with Crippen LogP contribution < -0.4 is 10.1 Å². The first-order valence-corrected chi connectivity index (χ1v) is 10.8. The Morgan fingerprint density at radius 1 is 1.13 bits per heavy atom. The zero-order valence-electron chi connectivity index (χ0n) is 17.1. The van der Waals surface area contributed by atoms with Gasteiger partial charge in [0.1, 0.15) is 6.10 Å². The van der Waals surface area contributed by atoms with Crippen molar-refractivity contribution < 1.29 is 22.7 Å². The van der Waals surface area contributed by atoms with Crippen LogP contribution in [0.2, 0.25) is 0 Å². The Bertz CT molecular complexity index is 1070. The summed E-state index contributed by atoms with van der Waals surface area (Å²) in [5.41, 5.74) is 2.10. The predicted octanol–water partition coefficient (Wildman–Crippen LogP) is 6.01. The van der Waals surface area contributed by atoms with Crippen molar-refractivity contribution in [3.8, 4) is 5.19 Å². The summed E-state index contributed by atoms with van der Waals surface area (Å²) < 4.78 is 46.6. The van der Waals surface area contributed by atoms with Crippen LogP contribution in [0.3, 0.4) is 0 Å². The van der Waals surface area contributed by atoms with Crippen LogP contribution in [0.4, 0.5) is 23.7 Å². The summed E-state index contributed by atoms with van der Waals surface area (Å²) in [7, 11) is 0. The molecule has 0 saturated carbocycles. The van der Waals surface area contributed by atoms with E-state index in [2.05, 4.69) is 16.4 Å². The molecule has 2 amide bonds. The Morgan fingerprint density at radius 3 is 2.48 bits per heavy atom. The first-order chi connectivity index (χ1) is 14.7. The molecule has 0 radical (unpaired) electrons. The van der Waals surface area contributed by atoms with Crippen LogP contribution in [0, 0.1) is 13.8 Å². The summed E-state index contributed by atoms with van der Waals surface area (Å²) in [6.07, 6.45) is -3.45. The second kappa shape index (κ2) is 8.37. The van der Waals surface area contributed by atoms with E-state index >= 15 is 0 Å². The molecule has 31 heavy (non-hydrogen) atoms. The fourth-order valence-corrected chi connectivity index (χ4v) is 4.67. The highest BCUT2D eigenvalue weighted by Gasteiger charge is 2.34. The number of aryl methyl sites for hydroxylation is 2. The Labute approximate surface area is 181 Å². The number of aromatic nitrogens is 1. The molecule has 4 rings (SSSR count). The van der Waals surface area contributed by atoms with Crippen molar-refractivity contribution in [1.29, 1.82) is 0 Å². The van der Waals surface area contributed by atoms with E-state index in [9.17, 15) is 18.0 Å². The molecule has 0 unspecified atom stereocenters. The number of halogens is 3. The third kappa shape index (κ3) is 4.61. The topological polar surface area (TPSA) is 54.5 Å².